The number of nitrogens with zero attached hydrogens (tertiary/aromatic N) is 2. The second kappa shape index (κ2) is 6.89. The molecule has 1 N–H and O–H groups in total. The maximum atomic E-state index is 12.4. The first-order chi connectivity index (χ1) is 8.52. The number of aromatic nitrogens is 2. The van der Waals surface area contributed by atoms with Crippen LogP contribution in [0.3, 0.4) is 0 Å². The summed E-state index contributed by atoms with van der Waals surface area (Å²) in [6, 6.07) is 0. The highest BCUT2D eigenvalue weighted by Crippen LogP contribution is 2.15. The number of sulfonamides is 1. The highest BCUT2D eigenvalue weighted by atomic mass is 32.2. The van der Waals surface area contributed by atoms with Gasteiger partial charge in [0.05, 0.1) is 6.20 Å². The second-order valence-corrected chi connectivity index (χ2v) is 6.35. The molecule has 0 atom stereocenters. The highest BCUT2D eigenvalue weighted by Gasteiger charge is 2.25. The zero-order valence-electron chi connectivity index (χ0n) is 11.4. The quantitative estimate of drug-likeness (QED) is 0.790. The molecule has 18 heavy (non-hydrogen) atoms. The summed E-state index contributed by atoms with van der Waals surface area (Å²) in [5.74, 6) is 0.625. The minimum atomic E-state index is -3.41. The van der Waals surface area contributed by atoms with Gasteiger partial charge in [0.2, 0.25) is 0 Å². The Hall–Kier alpha value is -0.880. The summed E-state index contributed by atoms with van der Waals surface area (Å²) in [5.41, 5.74) is 0. The third-order valence-electron chi connectivity index (χ3n) is 2.82. The van der Waals surface area contributed by atoms with Crippen LogP contribution in [0.1, 0.15) is 45.4 Å². The molecular formula is C12H23N3O2S. The van der Waals surface area contributed by atoms with E-state index in [4.69, 9.17) is 0 Å². The molecule has 6 heteroatoms. The van der Waals surface area contributed by atoms with Crippen LogP contribution in [-0.2, 0) is 10.0 Å². The van der Waals surface area contributed by atoms with E-state index in [1.165, 1.54) is 6.20 Å². The Kier molecular flexibility index (Phi) is 5.81. The zero-order valence-corrected chi connectivity index (χ0v) is 12.3. The van der Waals surface area contributed by atoms with Crippen molar-refractivity contribution in [2.45, 2.75) is 51.5 Å². The molecule has 0 amide bonds. The van der Waals surface area contributed by atoms with Crippen LogP contribution >= 0.6 is 0 Å². The lowest BCUT2D eigenvalue weighted by atomic mass is 10.3. The van der Waals surface area contributed by atoms with Crippen molar-refractivity contribution < 1.29 is 8.42 Å². The van der Waals surface area contributed by atoms with Crippen LogP contribution in [0.15, 0.2) is 11.2 Å². The van der Waals surface area contributed by atoms with E-state index in [9.17, 15) is 8.42 Å². The number of nitrogens with one attached hydrogen (secondary N) is 1. The standard InChI is InChI=1S/C12H23N3O2S/c1-4-6-8-15(9-7-5-2)18(16,17)12-10-13-11(3)14-12/h10H,4-9H2,1-3H3,(H,13,14). The van der Waals surface area contributed by atoms with Gasteiger partial charge in [-0.05, 0) is 19.8 Å². The molecule has 104 valence electrons. The number of rotatable bonds is 8. The number of aryl methyl sites for hydroxylation is 1. The Labute approximate surface area is 110 Å². The van der Waals surface area contributed by atoms with Crippen LogP contribution in [-0.4, -0.2) is 35.8 Å². The average molecular weight is 273 g/mol. The second-order valence-electron chi connectivity index (χ2n) is 4.44. The summed E-state index contributed by atoms with van der Waals surface area (Å²) in [6.07, 6.45) is 5.14. The van der Waals surface area contributed by atoms with Crippen molar-refractivity contribution in [3.05, 3.63) is 12.0 Å². The lowest BCUT2D eigenvalue weighted by Gasteiger charge is -2.20. The van der Waals surface area contributed by atoms with Gasteiger partial charge in [0.1, 0.15) is 5.82 Å². The third kappa shape index (κ3) is 3.81. The molecular weight excluding hydrogens is 250 g/mol. The molecule has 0 unspecified atom stereocenters. The first-order valence-electron chi connectivity index (χ1n) is 6.54. The van der Waals surface area contributed by atoms with Gasteiger partial charge in [0.15, 0.2) is 5.03 Å². The molecule has 1 heterocycles. The number of aromatic amines is 1. The molecule has 0 radical (unpaired) electrons. The predicted molar refractivity (Wildman–Crippen MR) is 71.9 cm³/mol. The van der Waals surface area contributed by atoms with Crippen molar-refractivity contribution in [3.8, 4) is 0 Å². The molecule has 1 aromatic heterocycles. The van der Waals surface area contributed by atoms with Crippen LogP contribution in [0.2, 0.25) is 0 Å². The Morgan fingerprint density at radius 1 is 1.22 bits per heavy atom. The molecule has 0 fully saturated rings. The van der Waals surface area contributed by atoms with Crippen LogP contribution in [0.25, 0.3) is 0 Å². The van der Waals surface area contributed by atoms with E-state index in [1.54, 1.807) is 11.2 Å². The zero-order chi connectivity index (χ0) is 13.6. The fourth-order valence-electron chi connectivity index (χ4n) is 1.69. The van der Waals surface area contributed by atoms with Gasteiger partial charge >= 0.3 is 0 Å². The number of hydrogen-bond acceptors (Lipinski definition) is 3. The van der Waals surface area contributed by atoms with Crippen molar-refractivity contribution in [1.29, 1.82) is 0 Å². The number of H-pyrrole nitrogens is 1. The predicted octanol–water partition coefficient (Wildman–Crippen LogP) is 2.31. The summed E-state index contributed by atoms with van der Waals surface area (Å²) in [6.45, 7) is 7.03. The van der Waals surface area contributed by atoms with Crippen LogP contribution in [0.5, 0.6) is 0 Å². The monoisotopic (exact) mass is 273 g/mol. The molecule has 1 aromatic rings. The highest BCUT2D eigenvalue weighted by molar-refractivity contribution is 7.89. The lowest BCUT2D eigenvalue weighted by molar-refractivity contribution is 0.394. The lowest BCUT2D eigenvalue weighted by Crippen LogP contribution is -2.33. The first-order valence-corrected chi connectivity index (χ1v) is 7.98. The Morgan fingerprint density at radius 2 is 1.78 bits per heavy atom. The topological polar surface area (TPSA) is 66.1 Å². The number of imidazole rings is 1. The summed E-state index contributed by atoms with van der Waals surface area (Å²) < 4.78 is 26.4. The molecule has 0 aliphatic heterocycles. The summed E-state index contributed by atoms with van der Waals surface area (Å²) in [7, 11) is -3.41. The van der Waals surface area contributed by atoms with E-state index in [1.807, 2.05) is 0 Å². The Balaban J connectivity index is 2.88. The van der Waals surface area contributed by atoms with E-state index in [0.717, 1.165) is 25.7 Å². The normalized spacial score (nSPS) is 12.2. The molecule has 0 saturated heterocycles. The Morgan fingerprint density at radius 3 is 2.17 bits per heavy atom. The fraction of sp³-hybridized carbons (Fsp3) is 0.750. The minimum absolute atomic E-state index is 0.201. The van der Waals surface area contributed by atoms with Crippen LogP contribution in [0.4, 0.5) is 0 Å². The number of hydrogen-bond donors (Lipinski definition) is 1. The molecule has 5 nitrogen and oxygen atoms in total. The smallest absolute Gasteiger partial charge is 0.260 e. The van der Waals surface area contributed by atoms with E-state index in [-0.39, 0.29) is 5.03 Å². The van der Waals surface area contributed by atoms with Gasteiger partial charge in [-0.15, -0.1) is 0 Å². The minimum Gasteiger partial charge on any atom is -0.332 e. The SMILES string of the molecule is CCCCN(CCCC)S(=O)(=O)c1cnc(C)[nH]1. The summed E-state index contributed by atoms with van der Waals surface area (Å²) >= 11 is 0. The van der Waals surface area contributed by atoms with E-state index >= 15 is 0 Å². The van der Waals surface area contributed by atoms with Crippen molar-refractivity contribution in [3.63, 3.8) is 0 Å². The number of unbranched alkanes of at least 4 members (excludes halogenated alkanes) is 2. The van der Waals surface area contributed by atoms with Gasteiger partial charge in [-0.2, -0.15) is 4.31 Å². The maximum absolute atomic E-state index is 12.4. The van der Waals surface area contributed by atoms with Gasteiger partial charge in [0.25, 0.3) is 10.0 Å². The van der Waals surface area contributed by atoms with Gasteiger partial charge < -0.3 is 4.98 Å². The molecule has 0 aromatic carbocycles. The molecule has 1 rings (SSSR count). The van der Waals surface area contributed by atoms with Crippen LogP contribution in [0, 0.1) is 6.92 Å². The van der Waals surface area contributed by atoms with E-state index in [0.29, 0.717) is 18.9 Å². The van der Waals surface area contributed by atoms with Crippen molar-refractivity contribution in [2.24, 2.45) is 0 Å². The van der Waals surface area contributed by atoms with Crippen molar-refractivity contribution in [2.75, 3.05) is 13.1 Å². The molecule has 0 saturated carbocycles. The van der Waals surface area contributed by atoms with Gasteiger partial charge in [0, 0.05) is 13.1 Å². The Bertz CT molecular complexity index is 446. The molecule has 0 spiro atoms. The largest absolute Gasteiger partial charge is 0.332 e. The van der Waals surface area contributed by atoms with Crippen molar-refractivity contribution >= 4 is 10.0 Å². The van der Waals surface area contributed by atoms with Gasteiger partial charge in [-0.1, -0.05) is 26.7 Å². The molecule has 0 aliphatic carbocycles. The van der Waals surface area contributed by atoms with E-state index < -0.39 is 10.0 Å². The maximum Gasteiger partial charge on any atom is 0.260 e. The molecule has 0 aliphatic rings. The van der Waals surface area contributed by atoms with Crippen LogP contribution < -0.4 is 0 Å². The summed E-state index contributed by atoms with van der Waals surface area (Å²) in [4.78, 5) is 6.77. The van der Waals surface area contributed by atoms with E-state index in [2.05, 4.69) is 23.8 Å². The van der Waals surface area contributed by atoms with Gasteiger partial charge in [-0.25, -0.2) is 13.4 Å². The summed E-state index contributed by atoms with van der Waals surface area (Å²) in [5, 5.41) is 0.201. The first kappa shape index (κ1) is 15.2. The fourth-order valence-corrected chi connectivity index (χ4v) is 3.17. The molecule has 0 bridgehead atoms. The average Bonchev–Trinajstić information content (AvgIpc) is 2.76. The van der Waals surface area contributed by atoms with Crippen molar-refractivity contribution in [1.82, 2.24) is 14.3 Å². The third-order valence-corrected chi connectivity index (χ3v) is 4.63. The van der Waals surface area contributed by atoms with Gasteiger partial charge in [-0.3, -0.25) is 0 Å².